The number of primary amides is 1. The van der Waals surface area contributed by atoms with Gasteiger partial charge in [-0.1, -0.05) is 102 Å². The van der Waals surface area contributed by atoms with E-state index in [1.165, 1.54) is 19.4 Å². The number of carbonyl (C=O) groups excluding carboxylic acids is 13. The molecular formula is C76H102N16O13S2. The van der Waals surface area contributed by atoms with E-state index in [1.54, 1.807) is 55.7 Å². The molecule has 0 spiro atoms. The molecule has 8 rings (SSSR count). The fourth-order valence-electron chi connectivity index (χ4n) is 13.3. The fourth-order valence-corrected chi connectivity index (χ4v) is 15.8. The van der Waals surface area contributed by atoms with Gasteiger partial charge in [0.15, 0.2) is 5.78 Å². The molecule has 2 fully saturated rings. The van der Waals surface area contributed by atoms with Crippen LogP contribution in [0.2, 0.25) is 0 Å². The number of hydrogen-bond donors (Lipinski definition) is 15. The fraction of sp³-hybridized carbons (Fsp3) is 0.500. The zero-order valence-electron chi connectivity index (χ0n) is 60.6. The summed E-state index contributed by atoms with van der Waals surface area (Å²) in [6.45, 7) is 3.68. The Morgan fingerprint density at radius 2 is 0.944 bits per heavy atom. The number of unbranched alkanes of at least 4 members (excludes halogenated alkanes) is 3. The van der Waals surface area contributed by atoms with Gasteiger partial charge in [0.2, 0.25) is 53.2 Å². The highest BCUT2D eigenvalue weighted by molar-refractivity contribution is 8.76. The van der Waals surface area contributed by atoms with Crippen LogP contribution in [0.3, 0.4) is 0 Å². The molecule has 0 aliphatic carbocycles. The van der Waals surface area contributed by atoms with Crippen LogP contribution in [-0.4, -0.2) is 176 Å². The molecule has 107 heavy (non-hydrogen) atoms. The number of nitrogens with one attached hydrogen (secondary N) is 11. The zero-order valence-corrected chi connectivity index (χ0v) is 62.2. The average Bonchev–Trinajstić information content (AvgIpc) is 1.72. The van der Waals surface area contributed by atoms with Gasteiger partial charge in [-0.25, -0.2) is 4.98 Å². The molecule has 576 valence electrons. The van der Waals surface area contributed by atoms with Gasteiger partial charge < -0.3 is 80.4 Å². The predicted octanol–water partition coefficient (Wildman–Crippen LogP) is 2.92. The number of amides is 9. The highest BCUT2D eigenvalue weighted by Gasteiger charge is 2.39. The number of nitrogens with two attached hydrogens (primary N) is 4. The number of nitrogens with zero attached hydrogens (tertiary/aromatic N) is 1. The quantitative estimate of drug-likeness (QED) is 0.0324. The maximum absolute atomic E-state index is 15.6. The van der Waals surface area contributed by atoms with Crippen molar-refractivity contribution in [2.45, 2.75) is 184 Å². The SMILES string of the molecule is C[C@@H]1CC(=O)[C@@H]2CSSC[C@H](NC(=O)[C@H](Cc3c[nH]c4ccccc34)NC(=O)[C@H](CCCCN)NC(=O)[C@@H](CCCCN)NC(=O)[C@H](CCCCN)CC1=O)C(=O)N[C@@H](C)C(=O)N[C@@H](Cc1cnc[nH]1)C(=O)N[C@H](Cc1ccccc1)C(=O)N[C@@H](CCC(N)=O)C(=O)C[C@@H](Cc1c[nH]c3ccccc13)C(=O)C2. The lowest BCUT2D eigenvalue weighted by atomic mass is 9.82. The molecule has 2 bridgehead atoms. The van der Waals surface area contributed by atoms with Crippen LogP contribution in [0.25, 0.3) is 21.8 Å². The van der Waals surface area contributed by atoms with E-state index in [0.29, 0.717) is 71.8 Å². The van der Waals surface area contributed by atoms with E-state index in [4.69, 9.17) is 22.9 Å². The number of ketones is 4. The second-order valence-electron chi connectivity index (χ2n) is 27.9. The number of carbonyl (C=O) groups is 13. The van der Waals surface area contributed by atoms with Gasteiger partial charge in [0.25, 0.3) is 0 Å². The number of para-hydroxylation sites is 2. The summed E-state index contributed by atoms with van der Waals surface area (Å²) in [5.41, 5.74) is 27.1. The molecule has 3 aromatic carbocycles. The van der Waals surface area contributed by atoms with Crippen LogP contribution in [0.1, 0.15) is 133 Å². The monoisotopic (exact) mass is 1510 g/mol. The molecule has 0 unspecified atom stereocenters. The van der Waals surface area contributed by atoms with Gasteiger partial charge in [-0.05, 0) is 120 Å². The third-order valence-corrected chi connectivity index (χ3v) is 22.1. The van der Waals surface area contributed by atoms with Gasteiger partial charge in [-0.2, -0.15) is 0 Å². The van der Waals surface area contributed by atoms with E-state index in [-0.39, 0.29) is 88.9 Å². The Kier molecular flexibility index (Phi) is 32.7. The molecule has 2 aliphatic rings. The second kappa shape index (κ2) is 42.1. The van der Waals surface area contributed by atoms with Crippen LogP contribution in [0.5, 0.6) is 0 Å². The summed E-state index contributed by atoms with van der Waals surface area (Å²) in [5.74, 6) is -14.5. The average molecular weight is 1510 g/mol. The van der Waals surface area contributed by atoms with E-state index < -0.39 is 174 Å². The van der Waals surface area contributed by atoms with Crippen LogP contribution in [-0.2, 0) is 88.0 Å². The van der Waals surface area contributed by atoms with Gasteiger partial charge in [0, 0.05) is 133 Å². The first-order chi connectivity index (χ1) is 51.5. The summed E-state index contributed by atoms with van der Waals surface area (Å²) < 4.78 is 0. The molecule has 19 N–H and O–H groups in total. The summed E-state index contributed by atoms with van der Waals surface area (Å²) in [6.07, 6.45) is 5.87. The minimum Gasteiger partial charge on any atom is -0.370 e. The van der Waals surface area contributed by atoms with Crippen molar-refractivity contribution in [3.8, 4) is 0 Å². The molecular weight excluding hydrogens is 1410 g/mol. The maximum atomic E-state index is 15.6. The Labute approximate surface area is 629 Å². The van der Waals surface area contributed by atoms with E-state index in [1.807, 2.05) is 42.5 Å². The van der Waals surface area contributed by atoms with Crippen molar-refractivity contribution in [2.24, 2.45) is 46.6 Å². The number of imidazole rings is 1. The Hall–Kier alpha value is -9.56. The highest BCUT2D eigenvalue weighted by Crippen LogP contribution is 2.32. The molecule has 6 aromatic rings. The molecule has 0 radical (unpaired) electrons. The van der Waals surface area contributed by atoms with E-state index in [0.717, 1.165) is 32.5 Å². The van der Waals surface area contributed by atoms with Crippen molar-refractivity contribution in [1.29, 1.82) is 0 Å². The normalized spacial score (nSPS) is 24.6. The van der Waals surface area contributed by atoms with E-state index in [2.05, 4.69) is 62.5 Å². The van der Waals surface area contributed by atoms with Crippen LogP contribution < -0.4 is 65.5 Å². The Morgan fingerprint density at radius 1 is 0.439 bits per heavy atom. The smallest absolute Gasteiger partial charge is 0.244 e. The molecule has 31 heteroatoms. The summed E-state index contributed by atoms with van der Waals surface area (Å²) in [6, 6.07) is 11.7. The van der Waals surface area contributed by atoms with E-state index in [9.17, 15) is 28.8 Å². The van der Waals surface area contributed by atoms with Crippen LogP contribution >= 0.6 is 21.6 Å². The van der Waals surface area contributed by atoms with Crippen molar-refractivity contribution in [2.75, 3.05) is 31.1 Å². The van der Waals surface area contributed by atoms with Crippen LogP contribution in [0.4, 0.5) is 0 Å². The maximum Gasteiger partial charge on any atom is 0.244 e. The van der Waals surface area contributed by atoms with E-state index >= 15 is 33.6 Å². The lowest BCUT2D eigenvalue weighted by Crippen LogP contribution is -2.61. The van der Waals surface area contributed by atoms with Crippen molar-refractivity contribution in [3.05, 3.63) is 126 Å². The number of H-pyrrole nitrogens is 3. The van der Waals surface area contributed by atoms with Gasteiger partial charge >= 0.3 is 0 Å². The van der Waals surface area contributed by atoms with Gasteiger partial charge in [0.05, 0.1) is 12.4 Å². The molecule has 5 heterocycles. The van der Waals surface area contributed by atoms with Crippen molar-refractivity contribution in [3.63, 3.8) is 0 Å². The van der Waals surface area contributed by atoms with Crippen molar-refractivity contribution in [1.82, 2.24) is 62.5 Å². The summed E-state index contributed by atoms with van der Waals surface area (Å²) in [4.78, 5) is 206. The number of hydrogen-bond acceptors (Lipinski definition) is 19. The van der Waals surface area contributed by atoms with Crippen molar-refractivity contribution >= 4 is 120 Å². The number of aromatic nitrogens is 4. The first-order valence-corrected chi connectivity index (χ1v) is 39.3. The molecule has 3 aromatic heterocycles. The number of rotatable bonds is 23. The summed E-state index contributed by atoms with van der Waals surface area (Å²) in [7, 11) is 2.09. The standard InChI is InChI=1S/C76H102N16O13S2/c1-44-30-65(94)51-36-66(95)48(32-49-38-82-55-21-8-6-19-53(49)55)35-67(96)57(25-26-68(80)97)86-73(102)60(31-46-16-4-3-5-17-46)90-75(104)62(37-52-40-81-43-84-52)89-69(98)45(2)85-76(105)63(42-107-106-41-51)92-74(103)61(33-50-39-83-56-22-9-7-20-54(50)56)91-72(101)59(24-12-15-29-79)88-71(100)58(23-11-14-28-78)87-70(99)47(34-64(44)93)18-10-13-27-77/h3-9,16-17,19-22,38-40,43-45,47-48,51,57-63,82-83H,10-15,18,23-37,41-42,77-79H2,1-2H3,(H2,80,97)(H,81,84)(H,85,105)(H,86,102)(H,87,99)(H,88,100)(H,89,98)(H,90,104)(H,91,101)(H,92,103)/t44-,45+,47-,48-,51+,57+,58-,59+,60-,61+,62+,63+/m1/s1. The first kappa shape index (κ1) is 83.1. The van der Waals surface area contributed by atoms with Crippen LogP contribution in [0.15, 0.2) is 104 Å². The topological polar surface area (TPSA) is 482 Å². The Morgan fingerprint density at radius 3 is 1.54 bits per heavy atom. The van der Waals surface area contributed by atoms with Crippen LogP contribution in [0, 0.1) is 23.7 Å². The largest absolute Gasteiger partial charge is 0.370 e. The highest BCUT2D eigenvalue weighted by atomic mass is 33.1. The molecule has 2 saturated heterocycles. The second-order valence-corrected chi connectivity index (χ2v) is 30.4. The minimum atomic E-state index is -1.56. The number of aromatic amines is 3. The van der Waals surface area contributed by atoms with Gasteiger partial charge in [0.1, 0.15) is 59.6 Å². The van der Waals surface area contributed by atoms with Crippen molar-refractivity contribution < 1.29 is 62.3 Å². The lowest BCUT2D eigenvalue weighted by Gasteiger charge is -2.28. The molecule has 9 amide bonds. The number of Topliss-reactive ketones (excluding diaryl/α,β-unsaturated/α-hetero) is 4. The van der Waals surface area contributed by atoms with Gasteiger partial charge in [-0.15, -0.1) is 0 Å². The third kappa shape index (κ3) is 25.3. The zero-order chi connectivity index (χ0) is 76.9. The number of fused-ring (bicyclic) bond motifs is 7. The lowest BCUT2D eigenvalue weighted by molar-refractivity contribution is -0.136. The number of benzene rings is 3. The predicted molar refractivity (Wildman–Crippen MR) is 408 cm³/mol. The molecule has 12 atom stereocenters. The minimum absolute atomic E-state index is 0.0354. The summed E-state index contributed by atoms with van der Waals surface area (Å²) >= 11 is 0. The first-order valence-electron chi connectivity index (χ1n) is 36.8. The molecule has 0 saturated carbocycles. The Balaban J connectivity index is 1.25. The third-order valence-electron chi connectivity index (χ3n) is 19.6. The molecule has 29 nitrogen and oxygen atoms in total. The molecule has 2 aliphatic heterocycles. The Bertz CT molecular complexity index is 4040. The summed E-state index contributed by atoms with van der Waals surface area (Å²) in [5, 5.41) is 23.8. The van der Waals surface area contributed by atoms with Gasteiger partial charge in [-0.3, -0.25) is 62.3 Å².